The number of halogens is 1. The van der Waals surface area contributed by atoms with Gasteiger partial charge in [-0.3, -0.25) is 4.40 Å². The molecule has 90 valence electrons. The standard InChI is InChI=1S/C11H8ClN5O/c12-7-1-2-9(8(13)5-7)18-11-10-16-15-6-17(10)4-3-14-11/h1-6H,13H2. The smallest absolute Gasteiger partial charge is 0.265 e. The molecule has 2 N–H and O–H groups in total. The van der Waals surface area contributed by atoms with Crippen LogP contribution < -0.4 is 10.5 Å². The lowest BCUT2D eigenvalue weighted by atomic mass is 10.3. The van der Waals surface area contributed by atoms with E-state index in [1.807, 2.05) is 0 Å². The molecule has 0 aliphatic rings. The van der Waals surface area contributed by atoms with Crippen molar-refractivity contribution in [3.05, 3.63) is 41.9 Å². The number of nitrogen functional groups attached to an aromatic ring is 1. The van der Waals surface area contributed by atoms with Crippen LogP contribution >= 0.6 is 11.6 Å². The quantitative estimate of drug-likeness (QED) is 0.715. The van der Waals surface area contributed by atoms with E-state index in [9.17, 15) is 0 Å². The van der Waals surface area contributed by atoms with E-state index in [4.69, 9.17) is 22.1 Å². The lowest BCUT2D eigenvalue weighted by Crippen LogP contribution is -1.96. The Bertz CT molecular complexity index is 711. The van der Waals surface area contributed by atoms with Crippen molar-refractivity contribution in [1.82, 2.24) is 19.6 Å². The van der Waals surface area contributed by atoms with Crippen molar-refractivity contribution in [3.8, 4) is 11.6 Å². The molecule has 0 spiro atoms. The van der Waals surface area contributed by atoms with Crippen LogP contribution in [-0.4, -0.2) is 19.6 Å². The molecule has 0 fully saturated rings. The molecule has 1 aromatic carbocycles. The van der Waals surface area contributed by atoms with E-state index in [0.717, 1.165) is 0 Å². The van der Waals surface area contributed by atoms with Crippen molar-refractivity contribution in [2.75, 3.05) is 5.73 Å². The molecule has 2 heterocycles. The molecule has 0 bridgehead atoms. The van der Waals surface area contributed by atoms with Crippen LogP contribution in [0.15, 0.2) is 36.9 Å². The Morgan fingerprint density at radius 2 is 2.22 bits per heavy atom. The van der Waals surface area contributed by atoms with Gasteiger partial charge in [0.15, 0.2) is 5.75 Å². The number of hydrogen-bond acceptors (Lipinski definition) is 5. The number of ether oxygens (including phenoxy) is 1. The summed E-state index contributed by atoms with van der Waals surface area (Å²) in [4.78, 5) is 4.10. The molecule has 0 aliphatic heterocycles. The first-order valence-electron chi connectivity index (χ1n) is 5.11. The second-order valence-electron chi connectivity index (χ2n) is 3.58. The molecule has 7 heteroatoms. The van der Waals surface area contributed by atoms with E-state index in [2.05, 4.69) is 15.2 Å². The molecule has 0 radical (unpaired) electrons. The predicted molar refractivity (Wildman–Crippen MR) is 66.7 cm³/mol. The topological polar surface area (TPSA) is 78.3 Å². The van der Waals surface area contributed by atoms with Gasteiger partial charge in [-0.1, -0.05) is 11.6 Å². The third-order valence-corrected chi connectivity index (χ3v) is 2.60. The van der Waals surface area contributed by atoms with Gasteiger partial charge in [0.25, 0.3) is 5.88 Å². The number of benzene rings is 1. The van der Waals surface area contributed by atoms with Crippen LogP contribution in [0.2, 0.25) is 5.02 Å². The van der Waals surface area contributed by atoms with Gasteiger partial charge >= 0.3 is 0 Å². The maximum Gasteiger partial charge on any atom is 0.265 e. The van der Waals surface area contributed by atoms with Gasteiger partial charge in [-0.25, -0.2) is 4.98 Å². The van der Waals surface area contributed by atoms with Gasteiger partial charge in [-0.15, -0.1) is 10.2 Å². The fourth-order valence-corrected chi connectivity index (χ4v) is 1.70. The average Bonchev–Trinajstić information content (AvgIpc) is 2.82. The minimum atomic E-state index is 0.337. The van der Waals surface area contributed by atoms with Crippen molar-refractivity contribution in [2.24, 2.45) is 0 Å². The SMILES string of the molecule is Nc1cc(Cl)ccc1Oc1nccn2cnnc12. The molecule has 0 aliphatic carbocycles. The van der Waals surface area contributed by atoms with Gasteiger partial charge in [-0.2, -0.15) is 0 Å². The average molecular weight is 262 g/mol. The molecule has 18 heavy (non-hydrogen) atoms. The van der Waals surface area contributed by atoms with E-state index in [1.165, 1.54) is 0 Å². The second-order valence-corrected chi connectivity index (χ2v) is 4.01. The third kappa shape index (κ3) is 1.82. The van der Waals surface area contributed by atoms with E-state index in [0.29, 0.717) is 28.0 Å². The molecule has 0 unspecified atom stereocenters. The van der Waals surface area contributed by atoms with Gasteiger partial charge in [0.2, 0.25) is 5.65 Å². The fourth-order valence-electron chi connectivity index (χ4n) is 1.52. The summed E-state index contributed by atoms with van der Waals surface area (Å²) in [6.07, 6.45) is 4.89. The molecular formula is C11H8ClN5O. The van der Waals surface area contributed by atoms with Crippen molar-refractivity contribution in [2.45, 2.75) is 0 Å². The van der Waals surface area contributed by atoms with Crippen LogP contribution in [0, 0.1) is 0 Å². The van der Waals surface area contributed by atoms with Crippen molar-refractivity contribution >= 4 is 22.9 Å². The van der Waals surface area contributed by atoms with Crippen LogP contribution in [0.3, 0.4) is 0 Å². The molecule has 3 aromatic rings. The molecule has 0 amide bonds. The summed E-state index contributed by atoms with van der Waals surface area (Å²) in [5.41, 5.74) is 6.76. The highest BCUT2D eigenvalue weighted by atomic mass is 35.5. The van der Waals surface area contributed by atoms with E-state index in [-0.39, 0.29) is 0 Å². The van der Waals surface area contributed by atoms with Gasteiger partial charge in [-0.05, 0) is 18.2 Å². The van der Waals surface area contributed by atoms with Crippen molar-refractivity contribution in [1.29, 1.82) is 0 Å². The zero-order valence-electron chi connectivity index (χ0n) is 9.12. The summed E-state index contributed by atoms with van der Waals surface area (Å²) in [7, 11) is 0. The highest BCUT2D eigenvalue weighted by molar-refractivity contribution is 6.30. The first-order valence-corrected chi connectivity index (χ1v) is 5.49. The van der Waals surface area contributed by atoms with Gasteiger partial charge in [0, 0.05) is 17.4 Å². The first-order chi connectivity index (χ1) is 8.74. The van der Waals surface area contributed by atoms with E-state index in [1.54, 1.807) is 41.3 Å². The zero-order chi connectivity index (χ0) is 12.5. The lowest BCUT2D eigenvalue weighted by molar-refractivity contribution is 0.467. The minimum Gasteiger partial charge on any atom is -0.434 e. The Labute approximate surface area is 107 Å². The zero-order valence-corrected chi connectivity index (χ0v) is 9.87. The summed E-state index contributed by atoms with van der Waals surface area (Å²) in [5, 5.41) is 8.25. The van der Waals surface area contributed by atoms with Crippen molar-refractivity contribution < 1.29 is 4.74 Å². The number of fused-ring (bicyclic) bond motifs is 1. The maximum atomic E-state index is 5.82. The van der Waals surface area contributed by atoms with Crippen LogP contribution in [0.25, 0.3) is 5.65 Å². The third-order valence-electron chi connectivity index (χ3n) is 2.36. The summed E-state index contributed by atoms with van der Waals surface area (Å²) in [5.74, 6) is 0.812. The molecule has 0 saturated heterocycles. The number of nitrogens with two attached hydrogens (primary N) is 1. The predicted octanol–water partition coefficient (Wildman–Crippen LogP) is 2.15. The fraction of sp³-hybridized carbons (Fsp3) is 0. The Balaban J connectivity index is 2.03. The Morgan fingerprint density at radius 3 is 3.06 bits per heavy atom. The van der Waals surface area contributed by atoms with Crippen LogP contribution in [0.1, 0.15) is 0 Å². The summed E-state index contributed by atoms with van der Waals surface area (Å²) in [6.45, 7) is 0. The Kier molecular flexibility index (Phi) is 2.49. The molecular weight excluding hydrogens is 254 g/mol. The van der Waals surface area contributed by atoms with Crippen LogP contribution in [0.4, 0.5) is 5.69 Å². The minimum absolute atomic E-state index is 0.337. The lowest BCUT2D eigenvalue weighted by Gasteiger charge is -2.07. The normalized spacial score (nSPS) is 10.7. The number of anilines is 1. The van der Waals surface area contributed by atoms with Crippen molar-refractivity contribution in [3.63, 3.8) is 0 Å². The monoisotopic (exact) mass is 261 g/mol. The van der Waals surface area contributed by atoms with Crippen LogP contribution in [-0.2, 0) is 0 Å². The number of aromatic nitrogens is 4. The van der Waals surface area contributed by atoms with Gasteiger partial charge in [0.1, 0.15) is 6.33 Å². The number of hydrogen-bond donors (Lipinski definition) is 1. The molecule has 0 atom stereocenters. The van der Waals surface area contributed by atoms with Gasteiger partial charge < -0.3 is 10.5 Å². The second kappa shape index (κ2) is 4.15. The highest BCUT2D eigenvalue weighted by Crippen LogP contribution is 2.29. The molecule has 6 nitrogen and oxygen atoms in total. The largest absolute Gasteiger partial charge is 0.434 e. The summed E-state index contributed by atoms with van der Waals surface area (Å²) < 4.78 is 7.32. The number of nitrogens with zero attached hydrogens (tertiary/aromatic N) is 4. The molecule has 2 aromatic heterocycles. The van der Waals surface area contributed by atoms with E-state index >= 15 is 0 Å². The highest BCUT2D eigenvalue weighted by Gasteiger charge is 2.09. The van der Waals surface area contributed by atoms with E-state index < -0.39 is 0 Å². The van der Waals surface area contributed by atoms with Gasteiger partial charge in [0.05, 0.1) is 5.69 Å². The number of rotatable bonds is 2. The van der Waals surface area contributed by atoms with Crippen LogP contribution in [0.5, 0.6) is 11.6 Å². The molecule has 3 rings (SSSR count). The maximum absolute atomic E-state index is 5.82. The molecule has 0 saturated carbocycles. The Morgan fingerprint density at radius 1 is 1.33 bits per heavy atom. The summed E-state index contributed by atoms with van der Waals surface area (Å²) in [6, 6.07) is 4.98. The summed E-state index contributed by atoms with van der Waals surface area (Å²) >= 11 is 5.82. The first kappa shape index (κ1) is 10.8. The Hall–Kier alpha value is -2.34.